The molecule has 0 saturated heterocycles. The molecule has 0 aliphatic heterocycles. The molecule has 0 atom stereocenters. The van der Waals surface area contributed by atoms with E-state index in [9.17, 15) is 4.79 Å². The van der Waals surface area contributed by atoms with Crippen molar-refractivity contribution >= 4 is 33.5 Å². The molecule has 32 heavy (non-hydrogen) atoms. The van der Waals surface area contributed by atoms with Gasteiger partial charge in [-0.3, -0.25) is 10.2 Å². The Morgan fingerprint density at radius 1 is 1.12 bits per heavy atom. The van der Waals surface area contributed by atoms with E-state index in [2.05, 4.69) is 33.9 Å². The molecule has 6 heteroatoms. The van der Waals surface area contributed by atoms with E-state index in [1.807, 2.05) is 30.3 Å². The molecule has 0 unspecified atom stereocenters. The summed E-state index contributed by atoms with van der Waals surface area (Å²) < 4.78 is 2.41. The lowest BCUT2D eigenvalue weighted by Crippen LogP contribution is -2.22. The molecule has 0 fully saturated rings. The van der Waals surface area contributed by atoms with E-state index in [0.717, 1.165) is 35.9 Å². The van der Waals surface area contributed by atoms with Gasteiger partial charge in [0.25, 0.3) is 5.91 Å². The molecule has 2 heterocycles. The number of amides is 1. The number of pyridine rings is 1. The highest BCUT2D eigenvalue weighted by Crippen LogP contribution is 2.32. The van der Waals surface area contributed by atoms with Crippen molar-refractivity contribution in [2.24, 2.45) is 5.73 Å². The number of carbonyl (C=O) groups is 1. The minimum Gasteiger partial charge on any atom is -0.382 e. The molecular weight excluding hydrogens is 398 g/mol. The molecule has 5 rings (SSSR count). The number of hydrogen-bond donors (Lipinski definition) is 3. The Balaban J connectivity index is 1.38. The Kier molecular flexibility index (Phi) is 5.13. The Morgan fingerprint density at radius 3 is 2.75 bits per heavy atom. The highest BCUT2D eigenvalue weighted by Gasteiger charge is 2.20. The molecule has 6 nitrogen and oxygen atoms in total. The van der Waals surface area contributed by atoms with Crippen molar-refractivity contribution in [1.82, 2.24) is 14.9 Å². The van der Waals surface area contributed by atoms with Crippen LogP contribution in [0.4, 0.5) is 0 Å². The van der Waals surface area contributed by atoms with Crippen LogP contribution in [0.1, 0.15) is 52.6 Å². The third-order valence-electron chi connectivity index (χ3n) is 6.44. The predicted molar refractivity (Wildman–Crippen MR) is 128 cm³/mol. The molecule has 4 N–H and O–H groups in total. The molecular formula is C26H27N5O. The molecule has 1 aliphatic rings. The van der Waals surface area contributed by atoms with Crippen LogP contribution in [0, 0.1) is 5.41 Å². The third kappa shape index (κ3) is 3.51. The van der Waals surface area contributed by atoms with Crippen LogP contribution in [0.5, 0.6) is 0 Å². The number of fused-ring (bicyclic) bond motifs is 4. The van der Waals surface area contributed by atoms with Crippen molar-refractivity contribution in [1.29, 1.82) is 5.41 Å². The number of amidine groups is 1. The molecule has 1 amide bonds. The first-order chi connectivity index (χ1) is 15.5. The fourth-order valence-corrected chi connectivity index (χ4v) is 4.85. The van der Waals surface area contributed by atoms with Crippen LogP contribution in [-0.2, 0) is 25.9 Å². The van der Waals surface area contributed by atoms with Gasteiger partial charge in [0.15, 0.2) is 0 Å². The second kappa shape index (κ2) is 8.11. The van der Waals surface area contributed by atoms with Gasteiger partial charge in [-0.05, 0) is 74.1 Å². The van der Waals surface area contributed by atoms with Gasteiger partial charge in [0, 0.05) is 40.6 Å². The number of aryl methyl sites for hydroxylation is 2. The van der Waals surface area contributed by atoms with Crippen molar-refractivity contribution in [3.05, 3.63) is 76.6 Å². The third-order valence-corrected chi connectivity index (χ3v) is 6.44. The Hall–Kier alpha value is -3.67. The van der Waals surface area contributed by atoms with Crippen molar-refractivity contribution in [2.45, 2.75) is 45.7 Å². The smallest absolute Gasteiger partial charge is 0.251 e. The van der Waals surface area contributed by atoms with Crippen molar-refractivity contribution < 1.29 is 4.79 Å². The maximum atomic E-state index is 12.9. The SMILES string of the molecule is CCn1c2c(c3cc(C(=O)NCc4ccc5ccc(C(=N)N)nc5c4)ccc31)CCCC2. The summed E-state index contributed by atoms with van der Waals surface area (Å²) in [5.74, 6) is -0.133. The van der Waals surface area contributed by atoms with Crippen molar-refractivity contribution in [2.75, 3.05) is 0 Å². The molecule has 4 aromatic rings. The highest BCUT2D eigenvalue weighted by molar-refractivity contribution is 5.99. The molecule has 2 aromatic heterocycles. The Morgan fingerprint density at radius 2 is 1.94 bits per heavy atom. The number of rotatable bonds is 5. The van der Waals surface area contributed by atoms with Gasteiger partial charge in [-0.25, -0.2) is 4.98 Å². The lowest BCUT2D eigenvalue weighted by atomic mass is 9.95. The van der Waals surface area contributed by atoms with Crippen molar-refractivity contribution in [3.8, 4) is 0 Å². The first kappa shape index (κ1) is 20.2. The van der Waals surface area contributed by atoms with Gasteiger partial charge in [0.1, 0.15) is 11.5 Å². The maximum absolute atomic E-state index is 12.9. The summed E-state index contributed by atoms with van der Waals surface area (Å²) in [6.07, 6.45) is 4.68. The zero-order chi connectivity index (χ0) is 22.2. The quantitative estimate of drug-likeness (QED) is 0.328. The van der Waals surface area contributed by atoms with Gasteiger partial charge in [-0.1, -0.05) is 18.2 Å². The fourth-order valence-electron chi connectivity index (χ4n) is 4.85. The number of nitrogens with zero attached hydrogens (tertiary/aromatic N) is 2. The van der Waals surface area contributed by atoms with E-state index in [1.165, 1.54) is 35.0 Å². The van der Waals surface area contributed by atoms with Crippen LogP contribution in [0.3, 0.4) is 0 Å². The van der Waals surface area contributed by atoms with Crippen LogP contribution in [0.2, 0.25) is 0 Å². The maximum Gasteiger partial charge on any atom is 0.251 e. The molecule has 2 aromatic carbocycles. The summed E-state index contributed by atoms with van der Waals surface area (Å²) in [4.78, 5) is 17.4. The van der Waals surface area contributed by atoms with Crippen LogP contribution >= 0.6 is 0 Å². The molecule has 0 bridgehead atoms. The summed E-state index contributed by atoms with van der Waals surface area (Å²) in [7, 11) is 0. The minimum absolute atomic E-state index is 0.0555. The first-order valence-corrected chi connectivity index (χ1v) is 11.2. The predicted octanol–water partition coefficient (Wildman–Crippen LogP) is 4.30. The topological polar surface area (TPSA) is 96.8 Å². The summed E-state index contributed by atoms with van der Waals surface area (Å²) in [6, 6.07) is 15.6. The molecule has 1 aliphatic carbocycles. The standard InChI is InChI=1S/C26H27N5O/c1-2-31-23-6-4-3-5-19(23)20-14-18(10-12-24(20)31)26(32)29-15-16-7-8-17-9-11-21(25(27)28)30-22(17)13-16/h7-14H,2-6,15H2,1H3,(H3,27,28)(H,29,32). The van der Waals surface area contributed by atoms with Gasteiger partial charge < -0.3 is 15.6 Å². The average molecular weight is 426 g/mol. The second-order valence-electron chi connectivity index (χ2n) is 8.43. The van der Waals surface area contributed by atoms with Gasteiger partial charge in [0.05, 0.1) is 5.52 Å². The van der Waals surface area contributed by atoms with E-state index < -0.39 is 0 Å². The Labute approximate surface area is 187 Å². The lowest BCUT2D eigenvalue weighted by Gasteiger charge is -2.14. The number of nitrogen functional groups attached to an aromatic ring is 1. The summed E-state index contributed by atoms with van der Waals surface area (Å²) in [5.41, 5.74) is 12.5. The zero-order valence-electron chi connectivity index (χ0n) is 18.2. The number of hydrogen-bond acceptors (Lipinski definition) is 3. The molecule has 0 saturated carbocycles. The Bertz CT molecular complexity index is 1370. The summed E-state index contributed by atoms with van der Waals surface area (Å²) in [6.45, 7) is 3.55. The van der Waals surface area contributed by atoms with Gasteiger partial charge in [0.2, 0.25) is 0 Å². The summed E-state index contributed by atoms with van der Waals surface area (Å²) in [5, 5.41) is 12.8. The number of nitrogens with two attached hydrogens (primary N) is 1. The first-order valence-electron chi connectivity index (χ1n) is 11.2. The highest BCUT2D eigenvalue weighted by atomic mass is 16.1. The lowest BCUT2D eigenvalue weighted by molar-refractivity contribution is 0.0951. The van der Waals surface area contributed by atoms with E-state index in [0.29, 0.717) is 17.8 Å². The van der Waals surface area contributed by atoms with E-state index in [4.69, 9.17) is 11.1 Å². The molecule has 162 valence electrons. The summed E-state index contributed by atoms with van der Waals surface area (Å²) >= 11 is 0. The number of aromatic nitrogens is 2. The van der Waals surface area contributed by atoms with Crippen LogP contribution in [-0.4, -0.2) is 21.3 Å². The number of benzene rings is 2. The number of carbonyl (C=O) groups excluding carboxylic acids is 1. The van der Waals surface area contributed by atoms with Gasteiger partial charge >= 0.3 is 0 Å². The minimum atomic E-state index is -0.0775. The van der Waals surface area contributed by atoms with Crippen molar-refractivity contribution in [3.63, 3.8) is 0 Å². The van der Waals surface area contributed by atoms with Gasteiger partial charge in [-0.2, -0.15) is 0 Å². The zero-order valence-corrected chi connectivity index (χ0v) is 18.2. The molecule has 0 radical (unpaired) electrons. The monoisotopic (exact) mass is 425 g/mol. The van der Waals surface area contributed by atoms with E-state index in [-0.39, 0.29) is 11.7 Å². The van der Waals surface area contributed by atoms with E-state index in [1.54, 1.807) is 6.07 Å². The second-order valence-corrected chi connectivity index (χ2v) is 8.43. The van der Waals surface area contributed by atoms with Crippen LogP contribution in [0.25, 0.3) is 21.8 Å². The van der Waals surface area contributed by atoms with Crippen LogP contribution < -0.4 is 11.1 Å². The van der Waals surface area contributed by atoms with Crippen LogP contribution in [0.15, 0.2) is 48.5 Å². The largest absolute Gasteiger partial charge is 0.382 e. The molecule has 0 spiro atoms. The fraction of sp³-hybridized carbons (Fsp3) is 0.269. The number of nitrogens with one attached hydrogen (secondary N) is 2. The van der Waals surface area contributed by atoms with Gasteiger partial charge in [-0.15, -0.1) is 0 Å². The van der Waals surface area contributed by atoms with E-state index >= 15 is 0 Å². The normalized spacial score (nSPS) is 13.3. The average Bonchev–Trinajstić information content (AvgIpc) is 3.14.